The van der Waals surface area contributed by atoms with Gasteiger partial charge in [-0.25, -0.2) is 4.98 Å². The van der Waals surface area contributed by atoms with Gasteiger partial charge in [0.15, 0.2) is 0 Å². The van der Waals surface area contributed by atoms with Crippen LogP contribution in [-0.2, 0) is 15.7 Å². The minimum Gasteiger partial charge on any atom is -0.399 e. The Morgan fingerprint density at radius 1 is 1.30 bits per heavy atom. The summed E-state index contributed by atoms with van der Waals surface area (Å²) >= 11 is 0. The molecule has 2 rings (SSSR count). The maximum Gasteiger partial charge on any atom is 0.495 e. The average Bonchev–Trinajstić information content (AvgIpc) is 2.50. The van der Waals surface area contributed by atoms with E-state index in [1.165, 1.54) is 6.20 Å². The number of aromatic nitrogens is 1. The third-order valence-corrected chi connectivity index (χ3v) is 4.05. The molecule has 1 aliphatic heterocycles. The molecule has 4 nitrogen and oxygen atoms in total. The fourth-order valence-electron chi connectivity index (χ4n) is 2.17. The summed E-state index contributed by atoms with van der Waals surface area (Å²) in [7, 11) is -0.647. The van der Waals surface area contributed by atoms with Crippen LogP contribution >= 0.6 is 0 Å². The van der Waals surface area contributed by atoms with Crippen molar-refractivity contribution in [1.82, 2.24) is 4.98 Å². The highest BCUT2D eigenvalue weighted by molar-refractivity contribution is 6.62. The number of aliphatic hydroxyl groups excluding tert-OH is 1. The third-order valence-electron chi connectivity index (χ3n) is 4.05. The summed E-state index contributed by atoms with van der Waals surface area (Å²) in [5.74, 6) is -0.585. The lowest BCUT2D eigenvalue weighted by Gasteiger charge is -2.32. The highest BCUT2D eigenvalue weighted by atomic mass is 19.1. The van der Waals surface area contributed by atoms with Crippen molar-refractivity contribution in [2.24, 2.45) is 0 Å². The van der Waals surface area contributed by atoms with Crippen molar-refractivity contribution in [3.8, 4) is 0 Å². The van der Waals surface area contributed by atoms with E-state index < -0.39 is 30.4 Å². The Labute approximate surface area is 119 Å². The SMILES string of the molecule is CC(O)Cc1c(B2OC(C)(C)C(C)(C)O2)ccnc1F. The van der Waals surface area contributed by atoms with Gasteiger partial charge in [-0.2, -0.15) is 4.39 Å². The van der Waals surface area contributed by atoms with Gasteiger partial charge >= 0.3 is 7.12 Å². The van der Waals surface area contributed by atoms with E-state index in [1.54, 1.807) is 13.0 Å². The molecule has 0 spiro atoms. The van der Waals surface area contributed by atoms with Crippen LogP contribution in [0.2, 0.25) is 0 Å². The van der Waals surface area contributed by atoms with Crippen molar-refractivity contribution in [1.29, 1.82) is 0 Å². The molecule has 0 amide bonds. The second-order valence-electron chi connectivity index (χ2n) is 6.31. The highest BCUT2D eigenvalue weighted by Crippen LogP contribution is 2.36. The van der Waals surface area contributed by atoms with Crippen LogP contribution in [0, 0.1) is 5.95 Å². The maximum absolute atomic E-state index is 13.9. The molecular weight excluding hydrogens is 260 g/mol. The standard InChI is InChI=1S/C14H21BFNO3/c1-9(18)8-10-11(6-7-17-12(10)16)15-19-13(2,3)14(4,5)20-15/h6-7,9,18H,8H2,1-5H3. The van der Waals surface area contributed by atoms with E-state index in [0.29, 0.717) is 11.0 Å². The molecule has 1 fully saturated rings. The number of halogens is 1. The number of hydrogen-bond donors (Lipinski definition) is 1. The van der Waals surface area contributed by atoms with Crippen LogP contribution in [0.1, 0.15) is 40.2 Å². The Kier molecular flexibility index (Phi) is 3.93. The molecule has 1 unspecified atom stereocenters. The molecule has 20 heavy (non-hydrogen) atoms. The van der Waals surface area contributed by atoms with Gasteiger partial charge in [-0.05, 0) is 46.1 Å². The first-order chi connectivity index (χ1) is 9.14. The van der Waals surface area contributed by atoms with Crippen molar-refractivity contribution < 1.29 is 18.8 Å². The van der Waals surface area contributed by atoms with E-state index in [4.69, 9.17) is 9.31 Å². The fraction of sp³-hybridized carbons (Fsp3) is 0.643. The van der Waals surface area contributed by atoms with Gasteiger partial charge in [0.25, 0.3) is 0 Å². The Morgan fingerprint density at radius 2 is 1.85 bits per heavy atom. The van der Waals surface area contributed by atoms with Gasteiger partial charge in [-0.15, -0.1) is 0 Å². The van der Waals surface area contributed by atoms with Crippen molar-refractivity contribution in [2.45, 2.75) is 58.3 Å². The summed E-state index contributed by atoms with van der Waals surface area (Å²) in [6.45, 7) is 9.38. The quantitative estimate of drug-likeness (QED) is 0.673. The summed E-state index contributed by atoms with van der Waals surface area (Å²) in [6, 6.07) is 1.68. The van der Waals surface area contributed by atoms with Gasteiger partial charge in [0, 0.05) is 18.2 Å². The number of aliphatic hydroxyl groups is 1. The van der Waals surface area contributed by atoms with Crippen LogP contribution in [0.25, 0.3) is 0 Å². The normalized spacial score (nSPS) is 22.1. The van der Waals surface area contributed by atoms with Crippen molar-refractivity contribution >= 4 is 12.6 Å². The second-order valence-corrected chi connectivity index (χ2v) is 6.31. The van der Waals surface area contributed by atoms with E-state index in [2.05, 4.69) is 4.98 Å². The van der Waals surface area contributed by atoms with Crippen LogP contribution in [0.4, 0.5) is 4.39 Å². The Bertz CT molecular complexity index is 489. The first-order valence-corrected chi connectivity index (χ1v) is 6.81. The van der Waals surface area contributed by atoms with Crippen molar-refractivity contribution in [3.05, 3.63) is 23.8 Å². The lowest BCUT2D eigenvalue weighted by atomic mass is 9.75. The molecule has 1 saturated heterocycles. The van der Waals surface area contributed by atoms with Crippen LogP contribution in [0.3, 0.4) is 0 Å². The Hall–Kier alpha value is -0.975. The van der Waals surface area contributed by atoms with Gasteiger partial charge < -0.3 is 14.4 Å². The smallest absolute Gasteiger partial charge is 0.399 e. The lowest BCUT2D eigenvalue weighted by Crippen LogP contribution is -2.41. The molecule has 0 aromatic carbocycles. The maximum atomic E-state index is 13.9. The molecule has 0 bridgehead atoms. The third kappa shape index (κ3) is 2.73. The molecule has 1 N–H and O–H groups in total. The number of hydrogen-bond acceptors (Lipinski definition) is 4. The summed E-state index contributed by atoms with van der Waals surface area (Å²) < 4.78 is 25.8. The average molecular weight is 281 g/mol. The molecule has 1 aliphatic rings. The van der Waals surface area contributed by atoms with Gasteiger partial charge in [0.2, 0.25) is 5.95 Å². The van der Waals surface area contributed by atoms with Crippen LogP contribution in [0.15, 0.2) is 12.3 Å². The Morgan fingerprint density at radius 3 is 2.35 bits per heavy atom. The minimum atomic E-state index is -0.658. The highest BCUT2D eigenvalue weighted by Gasteiger charge is 2.52. The molecular formula is C14H21BFNO3. The first kappa shape index (κ1) is 15.4. The zero-order valence-electron chi connectivity index (χ0n) is 12.6. The van der Waals surface area contributed by atoms with Gasteiger partial charge in [0.1, 0.15) is 0 Å². The summed E-state index contributed by atoms with van der Waals surface area (Å²) in [5, 5.41) is 9.53. The predicted octanol–water partition coefficient (Wildman–Crippen LogP) is 1.44. The molecule has 110 valence electrons. The molecule has 1 atom stereocenters. The van der Waals surface area contributed by atoms with E-state index >= 15 is 0 Å². The minimum absolute atomic E-state index is 0.180. The first-order valence-electron chi connectivity index (χ1n) is 6.81. The predicted molar refractivity (Wildman–Crippen MR) is 75.3 cm³/mol. The summed E-state index contributed by atoms with van der Waals surface area (Å²) in [6.07, 6.45) is 0.912. The summed E-state index contributed by atoms with van der Waals surface area (Å²) in [5.41, 5.74) is -0.0305. The van der Waals surface area contributed by atoms with Gasteiger partial charge in [-0.1, -0.05) is 0 Å². The summed E-state index contributed by atoms with van der Waals surface area (Å²) in [4.78, 5) is 3.65. The van der Waals surface area contributed by atoms with E-state index in [0.717, 1.165) is 0 Å². The van der Waals surface area contributed by atoms with Crippen LogP contribution in [0.5, 0.6) is 0 Å². The second kappa shape index (κ2) is 5.09. The van der Waals surface area contributed by atoms with Gasteiger partial charge in [-0.3, -0.25) is 0 Å². The topological polar surface area (TPSA) is 51.6 Å². The fourth-order valence-corrected chi connectivity index (χ4v) is 2.17. The molecule has 0 aliphatic carbocycles. The van der Waals surface area contributed by atoms with Crippen LogP contribution in [-0.4, -0.2) is 34.5 Å². The molecule has 1 aromatic rings. The van der Waals surface area contributed by atoms with Crippen LogP contribution < -0.4 is 5.46 Å². The zero-order chi connectivity index (χ0) is 15.1. The number of pyridine rings is 1. The largest absolute Gasteiger partial charge is 0.495 e. The monoisotopic (exact) mass is 281 g/mol. The zero-order valence-corrected chi connectivity index (χ0v) is 12.6. The van der Waals surface area contributed by atoms with Crippen molar-refractivity contribution in [3.63, 3.8) is 0 Å². The Balaban J connectivity index is 2.37. The molecule has 0 saturated carbocycles. The van der Waals surface area contributed by atoms with E-state index in [9.17, 15) is 9.50 Å². The van der Waals surface area contributed by atoms with Gasteiger partial charge in [0.05, 0.1) is 17.3 Å². The van der Waals surface area contributed by atoms with E-state index in [1.807, 2.05) is 27.7 Å². The van der Waals surface area contributed by atoms with Crippen molar-refractivity contribution in [2.75, 3.05) is 0 Å². The lowest BCUT2D eigenvalue weighted by molar-refractivity contribution is 0.00578. The molecule has 2 heterocycles. The van der Waals surface area contributed by atoms with E-state index in [-0.39, 0.29) is 6.42 Å². The molecule has 1 aromatic heterocycles. The number of rotatable bonds is 3. The molecule has 6 heteroatoms. The number of nitrogens with zero attached hydrogens (tertiary/aromatic N) is 1. The molecule has 0 radical (unpaired) electrons.